The molecule has 2 radical (unpaired) electrons. The number of halogens is 2. The molecule has 0 saturated carbocycles. The molecule has 1 aromatic rings. The first-order valence-electron chi connectivity index (χ1n) is 3.67. The molecule has 0 heterocycles. The fraction of sp³-hybridized carbons (Fsp3) is 0.250. The van der Waals surface area contributed by atoms with E-state index >= 15 is 0 Å². The average Bonchev–Trinajstić information content (AvgIpc) is 2.08. The van der Waals surface area contributed by atoms with Gasteiger partial charge < -0.3 is 10.4 Å². The van der Waals surface area contributed by atoms with E-state index in [9.17, 15) is 8.78 Å². The van der Waals surface area contributed by atoms with E-state index in [0.29, 0.717) is 0 Å². The van der Waals surface area contributed by atoms with Crippen LogP contribution in [0.25, 0.3) is 0 Å². The van der Waals surface area contributed by atoms with Crippen molar-refractivity contribution in [2.45, 2.75) is 6.43 Å². The van der Waals surface area contributed by atoms with Gasteiger partial charge in [-0.3, -0.25) is 0 Å². The number of alkyl halides is 2. The zero-order valence-corrected chi connectivity index (χ0v) is 6.80. The second kappa shape index (κ2) is 4.23. The summed E-state index contributed by atoms with van der Waals surface area (Å²) in [5, 5.41) is 10.9. The van der Waals surface area contributed by atoms with Crippen LogP contribution in [0, 0.1) is 0 Å². The van der Waals surface area contributed by atoms with E-state index in [1.165, 1.54) is 18.2 Å². The SMILES string of the molecule is [B]c1ccc(NCO)c(C(F)F)c1. The molecule has 0 bridgehead atoms. The normalized spacial score (nSPS) is 10.5. The minimum atomic E-state index is -2.60. The zero-order valence-electron chi connectivity index (χ0n) is 6.80. The van der Waals surface area contributed by atoms with Gasteiger partial charge in [0.25, 0.3) is 6.43 Å². The molecule has 0 atom stereocenters. The van der Waals surface area contributed by atoms with Gasteiger partial charge in [-0.1, -0.05) is 17.6 Å². The predicted octanol–water partition coefficient (Wildman–Crippen LogP) is 0.780. The molecule has 0 aliphatic carbocycles. The predicted molar refractivity (Wildman–Crippen MR) is 47.5 cm³/mol. The third-order valence-corrected chi connectivity index (χ3v) is 1.58. The molecule has 0 aliphatic heterocycles. The molecule has 0 aliphatic rings. The van der Waals surface area contributed by atoms with Gasteiger partial charge >= 0.3 is 0 Å². The van der Waals surface area contributed by atoms with Gasteiger partial charge in [-0.05, 0) is 6.07 Å². The summed E-state index contributed by atoms with van der Waals surface area (Å²) in [6.45, 7) is -0.385. The summed E-state index contributed by atoms with van der Waals surface area (Å²) in [4.78, 5) is 0. The lowest BCUT2D eigenvalue weighted by Gasteiger charge is -2.10. The van der Waals surface area contributed by atoms with E-state index in [1.807, 2.05) is 0 Å². The van der Waals surface area contributed by atoms with Gasteiger partial charge in [0, 0.05) is 11.3 Å². The lowest BCUT2D eigenvalue weighted by molar-refractivity contribution is 0.152. The van der Waals surface area contributed by atoms with Crippen LogP contribution in [-0.4, -0.2) is 19.7 Å². The van der Waals surface area contributed by atoms with Crippen LogP contribution >= 0.6 is 0 Å². The fourth-order valence-electron chi connectivity index (χ4n) is 1.01. The average molecular weight is 183 g/mol. The van der Waals surface area contributed by atoms with Crippen molar-refractivity contribution < 1.29 is 13.9 Å². The first kappa shape index (κ1) is 9.99. The Morgan fingerprint density at radius 2 is 2.15 bits per heavy atom. The van der Waals surface area contributed by atoms with Crippen molar-refractivity contribution in [1.29, 1.82) is 0 Å². The lowest BCUT2D eigenvalue weighted by Crippen LogP contribution is -2.09. The first-order chi connectivity index (χ1) is 6.15. The van der Waals surface area contributed by atoms with Crippen molar-refractivity contribution in [3.63, 3.8) is 0 Å². The summed E-state index contributed by atoms with van der Waals surface area (Å²) < 4.78 is 24.7. The Morgan fingerprint density at radius 1 is 1.46 bits per heavy atom. The molecule has 0 fully saturated rings. The summed E-state index contributed by atoms with van der Waals surface area (Å²) in [5.41, 5.74) is 0.277. The Morgan fingerprint density at radius 3 is 2.69 bits per heavy atom. The Hall–Kier alpha value is -1.10. The molecule has 0 aromatic heterocycles. The van der Waals surface area contributed by atoms with E-state index < -0.39 is 6.43 Å². The molecule has 1 aromatic carbocycles. The highest BCUT2D eigenvalue weighted by Crippen LogP contribution is 2.25. The molecular weight excluding hydrogens is 175 g/mol. The summed E-state index contributed by atoms with van der Waals surface area (Å²) in [6, 6.07) is 4.08. The maximum Gasteiger partial charge on any atom is 0.265 e. The van der Waals surface area contributed by atoms with Gasteiger partial charge in [0.15, 0.2) is 0 Å². The molecule has 68 valence electrons. The molecule has 0 amide bonds. The minimum absolute atomic E-state index is 0.200. The molecule has 0 unspecified atom stereocenters. The topological polar surface area (TPSA) is 32.3 Å². The number of hydrogen-bond acceptors (Lipinski definition) is 2. The maximum atomic E-state index is 12.4. The fourth-order valence-corrected chi connectivity index (χ4v) is 1.01. The molecule has 0 saturated heterocycles. The van der Waals surface area contributed by atoms with E-state index in [4.69, 9.17) is 13.0 Å². The van der Waals surface area contributed by atoms with Gasteiger partial charge in [0.2, 0.25) is 0 Å². The number of benzene rings is 1. The summed E-state index contributed by atoms with van der Waals surface area (Å²) >= 11 is 0. The number of nitrogens with one attached hydrogen (secondary N) is 1. The maximum absolute atomic E-state index is 12.4. The van der Waals surface area contributed by atoms with E-state index in [2.05, 4.69) is 5.32 Å². The first-order valence-corrected chi connectivity index (χ1v) is 3.67. The largest absolute Gasteiger partial charge is 0.377 e. The highest BCUT2D eigenvalue weighted by atomic mass is 19.3. The van der Waals surface area contributed by atoms with Crippen molar-refractivity contribution in [3.05, 3.63) is 23.8 Å². The van der Waals surface area contributed by atoms with Crippen LogP contribution in [0.5, 0.6) is 0 Å². The summed E-state index contributed by atoms with van der Waals surface area (Å²) in [7, 11) is 5.34. The Bertz CT molecular complexity index is 293. The summed E-state index contributed by atoms with van der Waals surface area (Å²) in [6.07, 6.45) is -2.60. The lowest BCUT2D eigenvalue weighted by atomic mass is 9.94. The van der Waals surface area contributed by atoms with Crippen molar-refractivity contribution >= 4 is 19.0 Å². The smallest absolute Gasteiger partial charge is 0.265 e. The summed E-state index contributed by atoms with van der Waals surface area (Å²) in [5.74, 6) is 0. The molecule has 2 N–H and O–H groups in total. The number of rotatable bonds is 3. The minimum Gasteiger partial charge on any atom is -0.377 e. The highest BCUT2D eigenvalue weighted by molar-refractivity contribution is 6.32. The Balaban J connectivity index is 3.03. The van der Waals surface area contributed by atoms with Gasteiger partial charge in [0.1, 0.15) is 14.6 Å². The number of anilines is 1. The van der Waals surface area contributed by atoms with Crippen molar-refractivity contribution in [2.75, 3.05) is 12.0 Å². The molecule has 0 spiro atoms. The van der Waals surface area contributed by atoms with E-state index in [-0.39, 0.29) is 23.4 Å². The third kappa shape index (κ3) is 2.42. The second-order valence-corrected chi connectivity index (χ2v) is 2.48. The molecule has 2 nitrogen and oxygen atoms in total. The van der Waals surface area contributed by atoms with Crippen molar-refractivity contribution in [2.24, 2.45) is 0 Å². The van der Waals surface area contributed by atoms with Crippen LogP contribution in [0.15, 0.2) is 18.2 Å². The zero-order chi connectivity index (χ0) is 9.84. The molecule has 1 rings (SSSR count). The second-order valence-electron chi connectivity index (χ2n) is 2.48. The van der Waals surface area contributed by atoms with Crippen molar-refractivity contribution in [3.8, 4) is 0 Å². The highest BCUT2D eigenvalue weighted by Gasteiger charge is 2.11. The van der Waals surface area contributed by atoms with Crippen molar-refractivity contribution in [1.82, 2.24) is 0 Å². The third-order valence-electron chi connectivity index (χ3n) is 1.58. The van der Waals surface area contributed by atoms with Crippen LogP contribution < -0.4 is 10.8 Å². The van der Waals surface area contributed by atoms with Gasteiger partial charge in [-0.15, -0.1) is 0 Å². The standard InChI is InChI=1S/C8H8BF2NO/c9-5-1-2-7(12-4-13)6(3-5)8(10)11/h1-3,8,12-13H,4H2. The number of aliphatic hydroxyl groups is 1. The van der Waals surface area contributed by atoms with Crippen LogP contribution in [0.2, 0.25) is 0 Å². The molecular formula is C8H8BF2NO. The van der Waals surface area contributed by atoms with E-state index in [1.54, 1.807) is 0 Å². The number of aliphatic hydroxyl groups excluding tert-OH is 1. The molecule has 13 heavy (non-hydrogen) atoms. The van der Waals surface area contributed by atoms with Crippen LogP contribution in [0.3, 0.4) is 0 Å². The Kier molecular flexibility index (Phi) is 3.25. The van der Waals surface area contributed by atoms with Crippen LogP contribution in [0.1, 0.15) is 12.0 Å². The van der Waals surface area contributed by atoms with Crippen LogP contribution in [0.4, 0.5) is 14.5 Å². The van der Waals surface area contributed by atoms with E-state index in [0.717, 1.165) is 0 Å². The Labute approximate surface area is 76.0 Å². The van der Waals surface area contributed by atoms with Gasteiger partial charge in [0.05, 0.1) is 0 Å². The molecule has 5 heteroatoms. The number of hydrogen-bond donors (Lipinski definition) is 2. The van der Waals surface area contributed by atoms with Crippen LogP contribution in [-0.2, 0) is 0 Å². The monoisotopic (exact) mass is 183 g/mol. The van der Waals surface area contributed by atoms with Gasteiger partial charge in [-0.2, -0.15) is 0 Å². The van der Waals surface area contributed by atoms with Gasteiger partial charge in [-0.25, -0.2) is 8.78 Å². The quantitative estimate of drug-likeness (QED) is 0.536.